The van der Waals surface area contributed by atoms with Crippen LogP contribution in [0.5, 0.6) is 0 Å². The van der Waals surface area contributed by atoms with Crippen LogP contribution in [0, 0.1) is 0 Å². The molecule has 2 atom stereocenters. The Balaban J connectivity index is 1.72. The lowest BCUT2D eigenvalue weighted by atomic mass is 10.1. The molecule has 1 nitrogen and oxygen atoms in total. The summed E-state index contributed by atoms with van der Waals surface area (Å²) in [7, 11) is 0. The monoisotopic (exact) mass is 274 g/mol. The quantitative estimate of drug-likeness (QED) is 0.697. The summed E-state index contributed by atoms with van der Waals surface area (Å²) < 4.78 is 6.33. The average Bonchev–Trinajstić information content (AvgIpc) is 2.24. The summed E-state index contributed by atoms with van der Waals surface area (Å²) in [6.45, 7) is 0. The van der Waals surface area contributed by atoms with E-state index in [4.69, 9.17) is 4.74 Å². The molecule has 2 unspecified atom stereocenters. The zero-order valence-electron chi connectivity index (χ0n) is 10.9. The Morgan fingerprint density at radius 3 is 1.59 bits per heavy atom. The minimum atomic E-state index is 0.493. The summed E-state index contributed by atoms with van der Waals surface area (Å²) in [5.41, 5.74) is 0.986. The van der Waals surface area contributed by atoms with E-state index in [2.05, 4.69) is 23.5 Å². The molecule has 2 aliphatic rings. The number of ether oxygens (including phenoxy) is 1. The molecule has 2 rings (SSSR count). The van der Waals surface area contributed by atoms with Crippen LogP contribution in [0.1, 0.15) is 64.2 Å². The third-order valence-corrected chi connectivity index (χ3v) is 6.07. The van der Waals surface area contributed by atoms with E-state index < -0.39 is 0 Å². The van der Waals surface area contributed by atoms with Gasteiger partial charge >= 0.3 is 0 Å². The molecule has 0 bridgehead atoms. The lowest BCUT2D eigenvalue weighted by Gasteiger charge is -2.26. The summed E-state index contributed by atoms with van der Waals surface area (Å²) in [6, 6.07) is 0. The molecule has 100 valence electrons. The van der Waals surface area contributed by atoms with Crippen LogP contribution in [0.2, 0.25) is 0 Å². The van der Waals surface area contributed by atoms with E-state index in [0.29, 0.717) is 10.9 Å². The van der Waals surface area contributed by atoms with Crippen LogP contribution < -0.4 is 0 Å². The van der Waals surface area contributed by atoms with Gasteiger partial charge in [0.25, 0.3) is 0 Å². The molecule has 0 N–H and O–H groups in total. The van der Waals surface area contributed by atoms with Crippen molar-refractivity contribution in [2.24, 2.45) is 0 Å². The highest BCUT2D eigenvalue weighted by Gasteiger charge is 2.19. The Bertz CT molecular complexity index is 163. The van der Waals surface area contributed by atoms with E-state index in [9.17, 15) is 0 Å². The van der Waals surface area contributed by atoms with Gasteiger partial charge in [-0.3, -0.25) is 0 Å². The predicted molar refractivity (Wildman–Crippen MR) is 79.7 cm³/mol. The molecule has 2 saturated heterocycles. The van der Waals surface area contributed by atoms with Gasteiger partial charge in [0, 0.05) is 0 Å². The van der Waals surface area contributed by atoms with Crippen molar-refractivity contribution in [2.75, 3.05) is 11.5 Å². The Morgan fingerprint density at radius 1 is 0.588 bits per heavy atom. The van der Waals surface area contributed by atoms with Crippen molar-refractivity contribution in [1.29, 1.82) is 0 Å². The fourth-order valence-electron chi connectivity index (χ4n) is 2.51. The van der Waals surface area contributed by atoms with E-state index >= 15 is 0 Å². The molecule has 2 fully saturated rings. The van der Waals surface area contributed by atoms with Crippen LogP contribution in [-0.4, -0.2) is 22.4 Å². The molecular weight excluding hydrogens is 248 g/mol. The predicted octanol–water partition coefficient (Wildman–Crippen LogP) is 5.05. The maximum Gasteiger partial charge on any atom is 0.104 e. The molecule has 0 spiro atoms. The van der Waals surface area contributed by atoms with E-state index in [1.54, 1.807) is 0 Å². The molecule has 0 aliphatic carbocycles. The number of hydrogen-bond donors (Lipinski definition) is 0. The SMILES string of the molecule is C1CCCC(OC2CCCCCCS2)SCC1. The molecule has 0 radical (unpaired) electrons. The topological polar surface area (TPSA) is 9.23 Å². The molecule has 2 heterocycles. The van der Waals surface area contributed by atoms with Crippen LogP contribution in [0.3, 0.4) is 0 Å². The molecule has 0 aromatic rings. The fraction of sp³-hybridized carbons (Fsp3) is 1.00. The average molecular weight is 274 g/mol. The van der Waals surface area contributed by atoms with Gasteiger partial charge < -0.3 is 4.74 Å². The van der Waals surface area contributed by atoms with Crippen molar-refractivity contribution in [3.63, 3.8) is 0 Å². The summed E-state index contributed by atoms with van der Waals surface area (Å²) in [6.07, 6.45) is 13.8. The second kappa shape index (κ2) is 8.71. The number of rotatable bonds is 2. The first kappa shape index (κ1) is 14.1. The van der Waals surface area contributed by atoms with Gasteiger partial charge in [-0.1, -0.05) is 25.7 Å². The van der Waals surface area contributed by atoms with Crippen molar-refractivity contribution in [3.05, 3.63) is 0 Å². The smallest absolute Gasteiger partial charge is 0.104 e. The summed E-state index contributed by atoms with van der Waals surface area (Å²) in [4.78, 5) is 0. The van der Waals surface area contributed by atoms with Gasteiger partial charge in [0.2, 0.25) is 0 Å². The lowest BCUT2D eigenvalue weighted by molar-refractivity contribution is 0.0772. The number of thioether (sulfide) groups is 2. The minimum absolute atomic E-state index is 0.493. The second-order valence-electron chi connectivity index (χ2n) is 5.14. The first-order chi connectivity index (χ1) is 8.45. The van der Waals surface area contributed by atoms with Crippen molar-refractivity contribution in [3.8, 4) is 0 Å². The molecule has 2 aliphatic heterocycles. The maximum absolute atomic E-state index is 6.33. The molecule has 0 saturated carbocycles. The van der Waals surface area contributed by atoms with Gasteiger partial charge in [-0.2, -0.15) is 0 Å². The van der Waals surface area contributed by atoms with E-state index in [1.165, 1.54) is 75.7 Å². The Hall–Kier alpha value is 0.660. The van der Waals surface area contributed by atoms with Gasteiger partial charge in [0.1, 0.15) is 10.9 Å². The second-order valence-corrected chi connectivity index (χ2v) is 7.68. The highest BCUT2D eigenvalue weighted by molar-refractivity contribution is 8.00. The van der Waals surface area contributed by atoms with E-state index in [1.807, 2.05) is 0 Å². The minimum Gasteiger partial charge on any atom is -0.354 e. The third-order valence-electron chi connectivity index (χ3n) is 3.58. The van der Waals surface area contributed by atoms with Crippen molar-refractivity contribution >= 4 is 23.5 Å². The molecule has 3 heteroatoms. The highest BCUT2D eigenvalue weighted by Crippen LogP contribution is 2.31. The van der Waals surface area contributed by atoms with Gasteiger partial charge in [-0.05, 0) is 50.0 Å². The van der Waals surface area contributed by atoms with Crippen molar-refractivity contribution < 1.29 is 4.74 Å². The normalized spacial score (nSPS) is 33.2. The zero-order chi connectivity index (χ0) is 11.8. The van der Waals surface area contributed by atoms with Crippen LogP contribution in [0.25, 0.3) is 0 Å². The molecular formula is C14H26OS2. The molecule has 0 amide bonds. The summed E-state index contributed by atoms with van der Waals surface area (Å²) >= 11 is 4.13. The number of hydrogen-bond acceptors (Lipinski definition) is 3. The van der Waals surface area contributed by atoms with Gasteiger partial charge in [0.15, 0.2) is 0 Å². The lowest BCUT2D eigenvalue weighted by Crippen LogP contribution is -2.20. The third kappa shape index (κ3) is 5.89. The first-order valence-corrected chi connectivity index (χ1v) is 9.43. The fourth-order valence-corrected chi connectivity index (χ4v) is 4.94. The van der Waals surface area contributed by atoms with Gasteiger partial charge in [-0.15, -0.1) is 23.5 Å². The van der Waals surface area contributed by atoms with Crippen LogP contribution in [-0.2, 0) is 4.74 Å². The zero-order valence-corrected chi connectivity index (χ0v) is 12.5. The first-order valence-electron chi connectivity index (χ1n) is 7.34. The maximum atomic E-state index is 6.33. The molecule has 0 aromatic carbocycles. The van der Waals surface area contributed by atoms with E-state index in [0.717, 1.165) is 0 Å². The summed E-state index contributed by atoms with van der Waals surface area (Å²) in [5.74, 6) is 2.62. The van der Waals surface area contributed by atoms with Crippen LogP contribution >= 0.6 is 23.5 Å². The van der Waals surface area contributed by atoms with Crippen LogP contribution in [0.4, 0.5) is 0 Å². The standard InChI is InChI=1S/C14H26OS2/c1-3-7-11-16-13(9-5-1)15-14-10-6-2-4-8-12-17-14/h13-14H,1-12H2. The summed E-state index contributed by atoms with van der Waals surface area (Å²) in [5, 5.41) is 0. The Morgan fingerprint density at radius 2 is 1.06 bits per heavy atom. The Kier molecular flexibility index (Phi) is 7.21. The van der Waals surface area contributed by atoms with E-state index in [-0.39, 0.29) is 0 Å². The molecule has 0 aromatic heterocycles. The van der Waals surface area contributed by atoms with Crippen LogP contribution in [0.15, 0.2) is 0 Å². The highest BCUT2D eigenvalue weighted by atomic mass is 32.2. The van der Waals surface area contributed by atoms with Crippen molar-refractivity contribution in [1.82, 2.24) is 0 Å². The Labute approximate surface area is 115 Å². The van der Waals surface area contributed by atoms with Crippen molar-refractivity contribution in [2.45, 2.75) is 75.1 Å². The molecule has 17 heavy (non-hydrogen) atoms. The largest absolute Gasteiger partial charge is 0.354 e. The van der Waals surface area contributed by atoms with Gasteiger partial charge in [0.05, 0.1) is 0 Å². The van der Waals surface area contributed by atoms with Gasteiger partial charge in [-0.25, -0.2) is 0 Å².